The third-order valence-electron chi connectivity index (χ3n) is 5.32. The predicted molar refractivity (Wildman–Crippen MR) is 97.6 cm³/mol. The largest absolute Gasteiger partial charge is 0.454 e. The third-order valence-corrected chi connectivity index (χ3v) is 5.32. The van der Waals surface area contributed by atoms with Crippen LogP contribution in [0.25, 0.3) is 0 Å². The molecule has 0 bridgehead atoms. The molecule has 26 heavy (non-hydrogen) atoms. The minimum absolute atomic E-state index is 0.503. The molecule has 0 radical (unpaired) electrons. The van der Waals surface area contributed by atoms with Crippen molar-refractivity contribution in [1.29, 1.82) is 0 Å². The van der Waals surface area contributed by atoms with Gasteiger partial charge in [-0.2, -0.15) is 0 Å². The van der Waals surface area contributed by atoms with E-state index in [0.29, 0.717) is 6.61 Å². The quantitative estimate of drug-likeness (QED) is 0.360. The molecule has 2 aliphatic heterocycles. The highest BCUT2D eigenvalue weighted by Gasteiger charge is 2.56. The summed E-state index contributed by atoms with van der Waals surface area (Å²) in [5, 5.41) is 19.7. The fourth-order valence-corrected chi connectivity index (χ4v) is 3.67. The lowest BCUT2D eigenvalue weighted by Gasteiger charge is -2.17. The second-order valence-electron chi connectivity index (χ2n) is 7.57. The summed E-state index contributed by atoms with van der Waals surface area (Å²) in [5.74, 6) is -0.738. The van der Waals surface area contributed by atoms with Crippen LogP contribution in [0.5, 0.6) is 0 Å². The lowest BCUT2D eigenvalue weighted by Crippen LogP contribution is -2.33. The number of hydrogen-bond donors (Lipinski definition) is 2. The van der Waals surface area contributed by atoms with Gasteiger partial charge in [0, 0.05) is 6.61 Å². The van der Waals surface area contributed by atoms with E-state index in [1.807, 2.05) is 0 Å². The first-order valence-corrected chi connectivity index (χ1v) is 10.5. The minimum atomic E-state index is -1.32. The minimum Gasteiger partial charge on any atom is -0.454 e. The summed E-state index contributed by atoms with van der Waals surface area (Å²) in [5.41, 5.74) is 0. The number of aliphatic hydroxyl groups excluding tert-OH is 2. The molecule has 2 heterocycles. The van der Waals surface area contributed by atoms with Crippen LogP contribution >= 0.6 is 0 Å². The maximum absolute atomic E-state index is 11.2. The van der Waals surface area contributed by atoms with E-state index in [-0.39, 0.29) is 0 Å². The van der Waals surface area contributed by atoms with Crippen LogP contribution in [0.4, 0.5) is 0 Å². The fraction of sp³-hybridized carbons (Fsp3) is 0.950. The molecule has 2 rings (SSSR count). The molecule has 152 valence electrons. The molecule has 2 N–H and O–H groups in total. The van der Waals surface area contributed by atoms with Gasteiger partial charge < -0.3 is 24.4 Å². The number of carbonyl (C=O) groups is 1. The van der Waals surface area contributed by atoms with E-state index in [9.17, 15) is 15.0 Å². The molecule has 2 fully saturated rings. The molecule has 0 unspecified atom stereocenters. The topological polar surface area (TPSA) is 85.2 Å². The number of hydrogen-bond acceptors (Lipinski definition) is 6. The Morgan fingerprint density at radius 3 is 1.92 bits per heavy atom. The summed E-state index contributed by atoms with van der Waals surface area (Å²) in [6.07, 6.45) is 10.5. The molecule has 5 atom stereocenters. The van der Waals surface area contributed by atoms with Crippen LogP contribution in [0.2, 0.25) is 0 Å². The Bertz CT molecular complexity index is 402. The van der Waals surface area contributed by atoms with Crippen LogP contribution in [0.15, 0.2) is 0 Å². The molecular weight excluding hydrogens is 336 g/mol. The lowest BCUT2D eigenvalue weighted by molar-refractivity contribution is -0.187. The van der Waals surface area contributed by atoms with E-state index >= 15 is 0 Å². The standard InChI is InChI=1S/C20H36O6/c1-2-3-4-5-6-7-8-9-10-11-12-13-14-24-20-16(22)18-17(26-20)15(21)19(23)25-18/h15-18,20-22H,2-14H2,1H3/t15-,16+,17+,18+,20-/m0/s1. The zero-order valence-corrected chi connectivity index (χ0v) is 16.1. The number of rotatable bonds is 14. The van der Waals surface area contributed by atoms with Gasteiger partial charge in [0.2, 0.25) is 0 Å². The smallest absolute Gasteiger partial charge is 0.338 e. The van der Waals surface area contributed by atoms with Crippen molar-refractivity contribution in [3.05, 3.63) is 0 Å². The second-order valence-corrected chi connectivity index (χ2v) is 7.57. The molecule has 6 heteroatoms. The highest BCUT2D eigenvalue weighted by molar-refractivity contribution is 5.78. The number of unbranched alkanes of at least 4 members (excludes halogenated alkanes) is 11. The molecule has 6 nitrogen and oxygen atoms in total. The Kier molecular flexibility index (Phi) is 9.89. The van der Waals surface area contributed by atoms with Gasteiger partial charge in [-0.25, -0.2) is 4.79 Å². The molecule has 0 spiro atoms. The first-order chi connectivity index (χ1) is 12.6. The van der Waals surface area contributed by atoms with Crippen LogP contribution < -0.4 is 0 Å². The Balaban J connectivity index is 1.39. The van der Waals surface area contributed by atoms with Gasteiger partial charge in [0.1, 0.15) is 12.2 Å². The van der Waals surface area contributed by atoms with Crippen LogP contribution in [0.3, 0.4) is 0 Å². The molecule has 0 aromatic heterocycles. The maximum Gasteiger partial charge on any atom is 0.338 e. The summed E-state index contributed by atoms with van der Waals surface area (Å²) < 4.78 is 15.9. The lowest BCUT2D eigenvalue weighted by atomic mass is 10.1. The van der Waals surface area contributed by atoms with Crippen molar-refractivity contribution in [3.8, 4) is 0 Å². The van der Waals surface area contributed by atoms with Crippen LogP contribution in [-0.2, 0) is 19.0 Å². The highest BCUT2D eigenvalue weighted by atomic mass is 16.7. The molecule has 0 aliphatic carbocycles. The molecule has 2 aliphatic rings. The first-order valence-electron chi connectivity index (χ1n) is 10.5. The fourth-order valence-electron chi connectivity index (χ4n) is 3.67. The van der Waals surface area contributed by atoms with Crippen molar-refractivity contribution < 1.29 is 29.2 Å². The Morgan fingerprint density at radius 1 is 0.846 bits per heavy atom. The Morgan fingerprint density at radius 2 is 1.38 bits per heavy atom. The van der Waals surface area contributed by atoms with Gasteiger partial charge in [-0.1, -0.05) is 77.6 Å². The van der Waals surface area contributed by atoms with Gasteiger partial charge in [-0.05, 0) is 6.42 Å². The van der Waals surface area contributed by atoms with E-state index in [1.165, 1.54) is 64.2 Å². The van der Waals surface area contributed by atoms with Gasteiger partial charge in [0.15, 0.2) is 18.5 Å². The van der Waals surface area contributed by atoms with Crippen LogP contribution in [-0.4, -0.2) is 53.5 Å². The van der Waals surface area contributed by atoms with Gasteiger partial charge in [-0.15, -0.1) is 0 Å². The SMILES string of the molecule is CCCCCCCCCCCCCCO[C@H]1O[C@H]2[C@H](OC(=O)[C@H]2O)[C@H]1O. The van der Waals surface area contributed by atoms with E-state index in [1.54, 1.807) is 0 Å². The Labute approximate surface area is 157 Å². The molecule has 0 aromatic rings. The highest BCUT2D eigenvalue weighted by Crippen LogP contribution is 2.32. The van der Waals surface area contributed by atoms with E-state index in [2.05, 4.69) is 6.92 Å². The zero-order valence-electron chi connectivity index (χ0n) is 16.1. The normalized spacial score (nSPS) is 30.6. The van der Waals surface area contributed by atoms with Gasteiger partial charge in [0.05, 0.1) is 0 Å². The number of esters is 1. The van der Waals surface area contributed by atoms with Gasteiger partial charge in [0.25, 0.3) is 0 Å². The molecule has 0 aromatic carbocycles. The van der Waals surface area contributed by atoms with Crippen molar-refractivity contribution in [2.45, 2.75) is 115 Å². The number of fused-ring (bicyclic) bond motifs is 1. The van der Waals surface area contributed by atoms with E-state index < -0.39 is 36.7 Å². The van der Waals surface area contributed by atoms with Gasteiger partial charge in [-0.3, -0.25) is 0 Å². The van der Waals surface area contributed by atoms with E-state index in [0.717, 1.165) is 12.8 Å². The molecular formula is C20H36O6. The number of ether oxygens (including phenoxy) is 3. The van der Waals surface area contributed by atoms with Crippen LogP contribution in [0.1, 0.15) is 84.0 Å². The van der Waals surface area contributed by atoms with Crippen molar-refractivity contribution in [3.63, 3.8) is 0 Å². The third kappa shape index (κ3) is 6.48. The second kappa shape index (κ2) is 11.9. The van der Waals surface area contributed by atoms with Crippen LogP contribution in [0, 0.1) is 0 Å². The zero-order chi connectivity index (χ0) is 18.8. The summed E-state index contributed by atoms with van der Waals surface area (Å²) >= 11 is 0. The molecule has 0 saturated carbocycles. The summed E-state index contributed by atoms with van der Waals surface area (Å²) in [7, 11) is 0. The number of aliphatic hydroxyl groups is 2. The molecule has 0 amide bonds. The summed E-state index contributed by atoms with van der Waals surface area (Å²) in [4.78, 5) is 11.2. The van der Waals surface area contributed by atoms with Crippen molar-refractivity contribution in [2.75, 3.05) is 6.61 Å². The maximum atomic E-state index is 11.2. The van der Waals surface area contributed by atoms with Crippen molar-refractivity contribution >= 4 is 5.97 Å². The van der Waals surface area contributed by atoms with Gasteiger partial charge >= 0.3 is 5.97 Å². The summed E-state index contributed by atoms with van der Waals surface area (Å²) in [6.45, 7) is 2.75. The summed E-state index contributed by atoms with van der Waals surface area (Å²) in [6, 6.07) is 0. The predicted octanol–water partition coefficient (Wildman–Crippen LogP) is 3.08. The van der Waals surface area contributed by atoms with Crippen molar-refractivity contribution in [1.82, 2.24) is 0 Å². The van der Waals surface area contributed by atoms with E-state index in [4.69, 9.17) is 14.2 Å². The Hall–Kier alpha value is -0.690. The monoisotopic (exact) mass is 372 g/mol. The average Bonchev–Trinajstić information content (AvgIpc) is 3.09. The van der Waals surface area contributed by atoms with Crippen molar-refractivity contribution in [2.24, 2.45) is 0 Å². The average molecular weight is 373 g/mol. The first kappa shape index (κ1) is 21.6. The molecule has 2 saturated heterocycles. The number of carbonyl (C=O) groups excluding carboxylic acids is 1.